The van der Waals surface area contributed by atoms with Crippen molar-refractivity contribution >= 4 is 28.3 Å². The standard InChI is InChI=1S/C30H29BO/c1-24-18-20-25(21-19-24)29-22-23-32(2)31(27-14-8-4-9-15-27,28-16-10-5-11-17-28)30(29)26-12-6-3-7-13-26/h3-21H,22-23H2,1-2H3. The highest BCUT2D eigenvalue weighted by Gasteiger charge is 2.49. The number of benzene rings is 4. The van der Waals surface area contributed by atoms with Crippen molar-refractivity contribution in [1.82, 2.24) is 0 Å². The molecular formula is C30H29BO. The Morgan fingerprint density at radius 2 is 1.09 bits per heavy atom. The van der Waals surface area contributed by atoms with Gasteiger partial charge in [0.05, 0.1) is 7.11 Å². The van der Waals surface area contributed by atoms with Crippen LogP contribution in [0, 0.1) is 6.92 Å². The quantitative estimate of drug-likeness (QED) is 0.293. The third-order valence-electron chi connectivity index (χ3n) is 7.03. The molecule has 0 aliphatic carbocycles. The number of rotatable bonds is 4. The Labute approximate surface area is 191 Å². The van der Waals surface area contributed by atoms with Crippen LogP contribution in [0.5, 0.6) is 0 Å². The Morgan fingerprint density at radius 3 is 1.62 bits per heavy atom. The van der Waals surface area contributed by atoms with Gasteiger partial charge in [0.2, 0.25) is 0 Å². The zero-order valence-corrected chi connectivity index (χ0v) is 18.9. The lowest BCUT2D eigenvalue weighted by Crippen LogP contribution is -2.68. The summed E-state index contributed by atoms with van der Waals surface area (Å²) in [5.74, 6) is 0. The van der Waals surface area contributed by atoms with Gasteiger partial charge in [-0.1, -0.05) is 132 Å². The molecule has 32 heavy (non-hydrogen) atoms. The Hall–Kier alpha value is -3.36. The molecule has 0 spiro atoms. The van der Waals surface area contributed by atoms with Crippen LogP contribution in [-0.4, -0.2) is 20.1 Å². The molecule has 2 heteroatoms. The molecular weight excluding hydrogens is 387 g/mol. The second-order valence-electron chi connectivity index (χ2n) is 8.88. The van der Waals surface area contributed by atoms with Crippen LogP contribution in [-0.2, 0) is 4.28 Å². The fourth-order valence-corrected chi connectivity index (χ4v) is 5.54. The van der Waals surface area contributed by atoms with Crippen molar-refractivity contribution in [2.24, 2.45) is 0 Å². The summed E-state index contributed by atoms with van der Waals surface area (Å²) in [5, 5.41) is 0. The molecule has 0 saturated heterocycles. The molecule has 0 radical (unpaired) electrons. The Balaban J connectivity index is 1.92. The predicted octanol–water partition coefficient (Wildman–Crippen LogP) is 5.79. The van der Waals surface area contributed by atoms with Crippen molar-refractivity contribution in [3.63, 3.8) is 0 Å². The first-order valence-electron chi connectivity index (χ1n) is 11.5. The fourth-order valence-electron chi connectivity index (χ4n) is 5.54. The van der Waals surface area contributed by atoms with E-state index in [0.717, 1.165) is 13.0 Å². The van der Waals surface area contributed by atoms with Crippen molar-refractivity contribution in [2.45, 2.75) is 13.3 Å². The monoisotopic (exact) mass is 416 g/mol. The molecule has 158 valence electrons. The van der Waals surface area contributed by atoms with Gasteiger partial charge < -0.3 is 4.28 Å². The summed E-state index contributed by atoms with van der Waals surface area (Å²) in [4.78, 5) is 0. The van der Waals surface area contributed by atoms with Crippen molar-refractivity contribution in [1.29, 1.82) is 0 Å². The lowest BCUT2D eigenvalue weighted by Gasteiger charge is -2.52. The van der Waals surface area contributed by atoms with Crippen molar-refractivity contribution < 1.29 is 4.28 Å². The van der Waals surface area contributed by atoms with E-state index in [4.69, 9.17) is 0 Å². The van der Waals surface area contributed by atoms with Crippen LogP contribution in [0.1, 0.15) is 23.1 Å². The van der Waals surface area contributed by atoms with Gasteiger partial charge in [-0.05, 0) is 12.5 Å². The normalized spacial score (nSPS) is 16.2. The van der Waals surface area contributed by atoms with Crippen LogP contribution < -0.4 is 10.9 Å². The van der Waals surface area contributed by atoms with E-state index in [-0.39, 0.29) is 0 Å². The van der Waals surface area contributed by atoms with E-state index in [1.807, 2.05) is 0 Å². The molecule has 0 amide bonds. The summed E-state index contributed by atoms with van der Waals surface area (Å²) in [6, 6.07) is 42.0. The van der Waals surface area contributed by atoms with Gasteiger partial charge in [-0.15, -0.1) is 16.4 Å². The first-order valence-corrected chi connectivity index (χ1v) is 11.5. The molecule has 0 saturated carbocycles. The molecule has 5 rings (SSSR count). The predicted molar refractivity (Wildman–Crippen MR) is 139 cm³/mol. The second-order valence-corrected chi connectivity index (χ2v) is 8.88. The van der Waals surface area contributed by atoms with Gasteiger partial charge in [-0.2, -0.15) is 0 Å². The SMILES string of the molecule is Cc1ccc(C2=C(c3ccccc3)[B-](c3ccccc3)(c3ccccc3)[O+](C)CC2)cc1. The van der Waals surface area contributed by atoms with Crippen LogP contribution in [0.2, 0.25) is 0 Å². The summed E-state index contributed by atoms with van der Waals surface area (Å²) in [5.41, 5.74) is 9.40. The van der Waals surface area contributed by atoms with E-state index in [1.165, 1.54) is 38.7 Å². The summed E-state index contributed by atoms with van der Waals surface area (Å²) in [7, 11) is 2.22. The minimum absolute atomic E-state index is 0.934. The van der Waals surface area contributed by atoms with Gasteiger partial charge >= 0.3 is 6.35 Å². The zero-order chi connectivity index (χ0) is 22.0. The maximum Gasteiger partial charge on any atom is 0.377 e. The van der Waals surface area contributed by atoms with Crippen LogP contribution in [0.15, 0.2) is 115 Å². The third kappa shape index (κ3) is 3.41. The molecule has 1 aliphatic rings. The van der Waals surface area contributed by atoms with Gasteiger partial charge in [-0.3, -0.25) is 0 Å². The van der Waals surface area contributed by atoms with Crippen molar-refractivity contribution in [3.8, 4) is 0 Å². The smallest absolute Gasteiger partial charge is 0.377 e. The van der Waals surface area contributed by atoms with Crippen LogP contribution >= 0.6 is 0 Å². The maximum absolute atomic E-state index is 3.64. The van der Waals surface area contributed by atoms with Crippen molar-refractivity contribution in [3.05, 3.63) is 132 Å². The molecule has 0 bridgehead atoms. The topological polar surface area (TPSA) is 2.70 Å². The lowest BCUT2D eigenvalue weighted by atomic mass is 9.25. The van der Waals surface area contributed by atoms with Crippen LogP contribution in [0.25, 0.3) is 11.0 Å². The third-order valence-corrected chi connectivity index (χ3v) is 7.03. The molecule has 1 nitrogen and oxygen atoms in total. The molecule has 0 unspecified atom stereocenters. The van der Waals surface area contributed by atoms with Crippen LogP contribution in [0.4, 0.5) is 0 Å². The number of hydrogen-bond donors (Lipinski definition) is 0. The Bertz CT molecular complexity index is 1170. The highest BCUT2D eigenvalue weighted by atomic mass is 16.6. The maximum atomic E-state index is 3.64. The van der Waals surface area contributed by atoms with Gasteiger partial charge in [-0.25, -0.2) is 0 Å². The molecule has 0 N–H and O–H groups in total. The molecule has 0 atom stereocenters. The van der Waals surface area contributed by atoms with E-state index in [1.54, 1.807) is 0 Å². The highest BCUT2D eigenvalue weighted by molar-refractivity contribution is 7.12. The van der Waals surface area contributed by atoms with E-state index < -0.39 is 6.35 Å². The summed E-state index contributed by atoms with van der Waals surface area (Å²) in [6.07, 6.45) is -0.395. The fraction of sp³-hybridized carbons (Fsp3) is 0.133. The first kappa shape index (κ1) is 20.5. The van der Waals surface area contributed by atoms with Gasteiger partial charge in [0.1, 0.15) is 6.61 Å². The molecule has 4 aromatic carbocycles. The average molecular weight is 416 g/mol. The largest absolute Gasteiger partial charge is 0.662 e. The van der Waals surface area contributed by atoms with Crippen LogP contribution in [0.3, 0.4) is 0 Å². The van der Waals surface area contributed by atoms with Crippen molar-refractivity contribution in [2.75, 3.05) is 13.7 Å². The number of hydrogen-bond acceptors (Lipinski definition) is 0. The molecule has 0 aromatic heterocycles. The Kier molecular flexibility index (Phi) is 5.55. The van der Waals surface area contributed by atoms with Gasteiger partial charge in [0.15, 0.2) is 0 Å². The van der Waals surface area contributed by atoms with Gasteiger partial charge in [0, 0.05) is 6.42 Å². The summed E-state index contributed by atoms with van der Waals surface area (Å²) >= 11 is 0. The van der Waals surface area contributed by atoms with E-state index in [2.05, 4.69) is 134 Å². The molecule has 0 fully saturated rings. The lowest BCUT2D eigenvalue weighted by molar-refractivity contribution is 0.0582. The average Bonchev–Trinajstić information content (AvgIpc) is 2.86. The Morgan fingerprint density at radius 1 is 0.594 bits per heavy atom. The minimum atomic E-state index is -1.39. The van der Waals surface area contributed by atoms with E-state index in [0.29, 0.717) is 0 Å². The van der Waals surface area contributed by atoms with Gasteiger partial charge in [0.25, 0.3) is 0 Å². The molecule has 1 heterocycles. The first-order chi connectivity index (χ1) is 15.7. The number of aryl methyl sites for hydroxylation is 1. The minimum Gasteiger partial charge on any atom is -0.662 e. The van der Waals surface area contributed by atoms with E-state index >= 15 is 0 Å². The zero-order valence-electron chi connectivity index (χ0n) is 18.9. The van der Waals surface area contributed by atoms with E-state index in [9.17, 15) is 0 Å². The second kappa shape index (κ2) is 8.65. The molecule has 1 aliphatic heterocycles. The molecule has 4 aromatic rings. The summed E-state index contributed by atoms with van der Waals surface area (Å²) < 4.78 is 3.64. The summed E-state index contributed by atoms with van der Waals surface area (Å²) in [6.45, 7) is 3.09. The highest BCUT2D eigenvalue weighted by Crippen LogP contribution is 2.42.